The van der Waals surface area contributed by atoms with Crippen molar-refractivity contribution in [3.63, 3.8) is 0 Å². The Morgan fingerprint density at radius 3 is 2.04 bits per heavy atom. The molecule has 2 N–H and O–H groups in total. The van der Waals surface area contributed by atoms with Crippen molar-refractivity contribution in [2.45, 2.75) is 123 Å². The number of unbranched alkanes of at least 4 members (excludes halogenated alkanes) is 9. The van der Waals surface area contributed by atoms with Crippen LogP contribution >= 0.6 is 0 Å². The second kappa shape index (κ2) is 25.9. The number of carboxylic acids is 1. The second-order valence-corrected chi connectivity index (χ2v) is 12.0. The average molecular weight is 646 g/mol. The first kappa shape index (κ1) is 40.8. The van der Waals surface area contributed by atoms with Gasteiger partial charge in [0.05, 0.1) is 25.6 Å². The van der Waals surface area contributed by atoms with Crippen molar-refractivity contribution in [1.29, 1.82) is 0 Å². The zero-order valence-electron chi connectivity index (χ0n) is 28.7. The van der Waals surface area contributed by atoms with E-state index >= 15 is 0 Å². The van der Waals surface area contributed by atoms with E-state index in [9.17, 15) is 24.3 Å². The van der Waals surface area contributed by atoms with Crippen LogP contribution in [0.25, 0.3) is 0 Å². The maximum atomic E-state index is 13.5. The van der Waals surface area contributed by atoms with E-state index in [1.807, 2.05) is 30.3 Å². The molecule has 0 saturated carbocycles. The van der Waals surface area contributed by atoms with Crippen molar-refractivity contribution in [3.05, 3.63) is 42.0 Å². The third-order valence-corrected chi connectivity index (χ3v) is 8.10. The van der Waals surface area contributed by atoms with E-state index in [0.29, 0.717) is 31.7 Å². The van der Waals surface area contributed by atoms with Crippen LogP contribution in [-0.2, 0) is 35.1 Å². The molecule has 0 aliphatic carbocycles. The second-order valence-electron chi connectivity index (χ2n) is 12.0. The number of ether oxygens (including phenoxy) is 3. The zero-order chi connectivity index (χ0) is 34.0. The number of carbonyl (C=O) groups is 4. The Morgan fingerprint density at radius 1 is 0.826 bits per heavy atom. The minimum atomic E-state index is -1.11. The van der Waals surface area contributed by atoms with E-state index in [1.54, 1.807) is 6.08 Å². The van der Waals surface area contributed by atoms with Gasteiger partial charge in [0.1, 0.15) is 17.6 Å². The highest BCUT2D eigenvalue weighted by Crippen LogP contribution is 2.21. The van der Waals surface area contributed by atoms with Gasteiger partial charge >= 0.3 is 11.9 Å². The lowest BCUT2D eigenvalue weighted by atomic mass is 9.87. The van der Waals surface area contributed by atoms with Crippen LogP contribution in [0.2, 0.25) is 0 Å². The molecule has 0 aromatic heterocycles. The third kappa shape index (κ3) is 18.1. The van der Waals surface area contributed by atoms with Crippen LogP contribution in [0.3, 0.4) is 0 Å². The largest absolute Gasteiger partial charge is 0.494 e. The smallest absolute Gasteiger partial charge is 0.328 e. The summed E-state index contributed by atoms with van der Waals surface area (Å²) in [5.41, 5.74) is 0.800. The highest BCUT2D eigenvalue weighted by molar-refractivity contribution is 5.90. The van der Waals surface area contributed by atoms with Gasteiger partial charge in [-0.2, -0.15) is 0 Å². The van der Waals surface area contributed by atoms with Crippen LogP contribution in [0.5, 0.6) is 5.75 Å². The number of allylic oxidation sites excluding steroid dienone is 1. The normalized spacial score (nSPS) is 13.2. The van der Waals surface area contributed by atoms with Gasteiger partial charge in [0.15, 0.2) is 0 Å². The summed E-state index contributed by atoms with van der Waals surface area (Å²) in [5, 5.41) is 12.7. The van der Waals surface area contributed by atoms with Crippen molar-refractivity contribution in [3.8, 4) is 5.75 Å². The number of amides is 1. The summed E-state index contributed by atoms with van der Waals surface area (Å²) in [6.07, 6.45) is 17.2. The predicted octanol–water partition coefficient (Wildman–Crippen LogP) is 7.25. The Bertz CT molecular complexity index is 1020. The van der Waals surface area contributed by atoms with E-state index in [4.69, 9.17) is 14.2 Å². The molecule has 0 fully saturated rings. The summed E-state index contributed by atoms with van der Waals surface area (Å²) in [5.74, 6) is -3.22. The van der Waals surface area contributed by atoms with Crippen LogP contribution in [0.4, 0.5) is 0 Å². The number of esters is 1. The summed E-state index contributed by atoms with van der Waals surface area (Å²) in [4.78, 5) is 50.5. The number of methoxy groups -OCH3 is 2. The van der Waals surface area contributed by atoms with Gasteiger partial charge in [-0.1, -0.05) is 83.1 Å². The lowest BCUT2D eigenvalue weighted by Gasteiger charge is -2.24. The first-order chi connectivity index (χ1) is 22.3. The Hall–Kier alpha value is -3.20. The lowest BCUT2D eigenvalue weighted by Crippen LogP contribution is -2.47. The molecule has 46 heavy (non-hydrogen) atoms. The molecule has 9 nitrogen and oxygen atoms in total. The van der Waals surface area contributed by atoms with Crippen LogP contribution < -0.4 is 10.1 Å². The minimum Gasteiger partial charge on any atom is -0.494 e. The SMILES string of the molecule is CCCCCCCC(=O)CCCCCC/C=C/[C@H](C(=O)N[C@@H](Cc1ccc(OCCCC)cc1)C(=O)OC)[C@@H](CCOC)C(=O)O. The minimum absolute atomic E-state index is 0.142. The maximum Gasteiger partial charge on any atom is 0.328 e. The van der Waals surface area contributed by atoms with E-state index in [-0.39, 0.29) is 19.4 Å². The zero-order valence-corrected chi connectivity index (χ0v) is 28.7. The van der Waals surface area contributed by atoms with Crippen LogP contribution in [0.15, 0.2) is 36.4 Å². The van der Waals surface area contributed by atoms with Crippen molar-refractivity contribution in [1.82, 2.24) is 5.32 Å². The van der Waals surface area contributed by atoms with E-state index < -0.39 is 35.7 Å². The molecule has 0 saturated heterocycles. The Labute approximate surface area is 276 Å². The maximum absolute atomic E-state index is 13.5. The quantitative estimate of drug-likeness (QED) is 0.0554. The number of ketones is 1. The van der Waals surface area contributed by atoms with E-state index in [2.05, 4.69) is 19.2 Å². The molecule has 3 atom stereocenters. The highest BCUT2D eigenvalue weighted by atomic mass is 16.5. The molecule has 0 aliphatic heterocycles. The third-order valence-electron chi connectivity index (χ3n) is 8.10. The van der Waals surface area contributed by atoms with Gasteiger partial charge in [-0.15, -0.1) is 0 Å². The fraction of sp³-hybridized carbons (Fsp3) is 0.676. The molecule has 0 radical (unpaired) electrons. The summed E-state index contributed by atoms with van der Waals surface area (Å²) < 4.78 is 15.8. The van der Waals surface area contributed by atoms with Crippen molar-refractivity contribution < 1.29 is 38.5 Å². The highest BCUT2D eigenvalue weighted by Gasteiger charge is 2.34. The summed E-state index contributed by atoms with van der Waals surface area (Å²) >= 11 is 0. The Kier molecular flexibility index (Phi) is 23.0. The first-order valence-corrected chi connectivity index (χ1v) is 17.3. The molecule has 0 bridgehead atoms. The van der Waals surface area contributed by atoms with Crippen molar-refractivity contribution in [2.24, 2.45) is 11.8 Å². The Balaban J connectivity index is 2.77. The van der Waals surface area contributed by atoms with Crippen molar-refractivity contribution in [2.75, 3.05) is 27.4 Å². The molecular weight excluding hydrogens is 586 g/mol. The molecule has 0 unspecified atom stereocenters. The number of aliphatic carboxylic acids is 1. The van der Waals surface area contributed by atoms with Crippen LogP contribution in [0.1, 0.15) is 116 Å². The fourth-order valence-electron chi connectivity index (χ4n) is 5.23. The number of hydrogen-bond acceptors (Lipinski definition) is 7. The van der Waals surface area contributed by atoms with Crippen LogP contribution in [0, 0.1) is 11.8 Å². The number of carboxylic acid groups (broad SMARTS) is 1. The van der Waals surface area contributed by atoms with Crippen molar-refractivity contribution >= 4 is 23.6 Å². The van der Waals surface area contributed by atoms with Gasteiger partial charge in [0, 0.05) is 33.0 Å². The number of hydrogen-bond donors (Lipinski definition) is 2. The number of rotatable bonds is 28. The van der Waals surface area contributed by atoms with Gasteiger partial charge in [-0.25, -0.2) is 4.79 Å². The standard InChI is InChI=1S/C37H59NO8/c1-5-7-9-12-15-18-30(39)19-16-13-10-11-14-17-20-32(33(36(41)42)25-27-44-3)35(40)38-34(37(43)45-4)28-29-21-23-31(24-22-29)46-26-8-6-2/h17,20-24,32-34H,5-16,18-19,25-28H2,1-4H3,(H,38,40)(H,41,42)/b20-17+/t32-,33+,34-/m0/s1. The molecule has 260 valence electrons. The molecule has 1 aromatic carbocycles. The molecule has 1 amide bonds. The van der Waals surface area contributed by atoms with Gasteiger partial charge in [-0.05, 0) is 56.2 Å². The topological polar surface area (TPSA) is 128 Å². The summed E-state index contributed by atoms with van der Waals surface area (Å²) in [6, 6.07) is 6.33. The Morgan fingerprint density at radius 2 is 1.46 bits per heavy atom. The van der Waals surface area contributed by atoms with Gasteiger partial charge in [0.25, 0.3) is 0 Å². The number of benzene rings is 1. The van der Waals surface area contributed by atoms with Crippen LogP contribution in [-0.4, -0.2) is 62.2 Å². The van der Waals surface area contributed by atoms with Gasteiger partial charge in [-0.3, -0.25) is 14.4 Å². The average Bonchev–Trinajstić information content (AvgIpc) is 3.04. The monoisotopic (exact) mass is 645 g/mol. The predicted molar refractivity (Wildman–Crippen MR) is 181 cm³/mol. The first-order valence-electron chi connectivity index (χ1n) is 17.3. The molecule has 0 heterocycles. The van der Waals surface area contributed by atoms with Gasteiger partial charge < -0.3 is 24.6 Å². The van der Waals surface area contributed by atoms with Gasteiger partial charge in [0.2, 0.25) is 5.91 Å². The summed E-state index contributed by atoms with van der Waals surface area (Å²) in [6.45, 7) is 5.08. The number of Topliss-reactive ketones (excluding diaryl/α,β-unsaturated/α-hetero) is 1. The molecule has 1 rings (SSSR count). The van der Waals surface area contributed by atoms with E-state index in [1.165, 1.54) is 33.5 Å². The fourth-order valence-corrected chi connectivity index (χ4v) is 5.23. The number of nitrogens with one attached hydrogen (secondary N) is 1. The molecular formula is C37H59NO8. The molecule has 9 heteroatoms. The molecule has 1 aromatic rings. The molecule has 0 aliphatic rings. The molecule has 0 spiro atoms. The summed E-state index contributed by atoms with van der Waals surface area (Å²) in [7, 11) is 2.74. The lowest BCUT2D eigenvalue weighted by molar-refractivity contribution is -0.148. The van der Waals surface area contributed by atoms with E-state index in [0.717, 1.165) is 62.7 Å². The number of carbonyl (C=O) groups excluding carboxylic acids is 3.